The number of nitrogens with zero attached hydrogens (tertiary/aromatic N) is 1. The summed E-state index contributed by atoms with van der Waals surface area (Å²) in [5, 5.41) is 3.63. The summed E-state index contributed by atoms with van der Waals surface area (Å²) in [6, 6.07) is 7.13. The van der Waals surface area contributed by atoms with Gasteiger partial charge in [-0.25, -0.2) is 0 Å². The van der Waals surface area contributed by atoms with Gasteiger partial charge < -0.3 is 10.2 Å². The molecule has 1 heterocycles. The predicted molar refractivity (Wildman–Crippen MR) is 96.1 cm³/mol. The van der Waals surface area contributed by atoms with Crippen LogP contribution in [-0.2, 0) is 0 Å². The van der Waals surface area contributed by atoms with Crippen molar-refractivity contribution in [1.82, 2.24) is 5.32 Å². The fraction of sp³-hybridized carbons (Fsp3) is 0.667. The Bertz CT molecular complexity index is 470. The molecular formula is C18H29BrN2. The molecule has 0 radical (unpaired) electrons. The predicted octanol–water partition coefficient (Wildman–Crippen LogP) is 5.14. The second-order valence-corrected chi connectivity index (χ2v) is 7.98. The zero-order valence-electron chi connectivity index (χ0n) is 13.9. The van der Waals surface area contributed by atoms with Gasteiger partial charge in [-0.2, -0.15) is 0 Å². The summed E-state index contributed by atoms with van der Waals surface area (Å²) in [5.41, 5.74) is 3.24. The maximum atomic E-state index is 3.63. The van der Waals surface area contributed by atoms with Crippen LogP contribution >= 0.6 is 15.9 Å². The van der Waals surface area contributed by atoms with E-state index in [1.54, 1.807) is 0 Å². The molecule has 1 aromatic carbocycles. The molecular weight excluding hydrogens is 324 g/mol. The highest BCUT2D eigenvalue weighted by Gasteiger charge is 2.28. The van der Waals surface area contributed by atoms with Crippen molar-refractivity contribution < 1.29 is 0 Å². The van der Waals surface area contributed by atoms with Gasteiger partial charge in [-0.15, -0.1) is 0 Å². The van der Waals surface area contributed by atoms with Crippen molar-refractivity contribution in [3.8, 4) is 0 Å². The number of rotatable bonds is 5. The Labute approximate surface area is 138 Å². The lowest BCUT2D eigenvalue weighted by atomic mass is 9.83. The van der Waals surface area contributed by atoms with Crippen LogP contribution in [0.4, 0.5) is 5.69 Å². The van der Waals surface area contributed by atoms with E-state index >= 15 is 0 Å². The third-order valence-corrected chi connectivity index (χ3v) is 4.89. The van der Waals surface area contributed by atoms with Crippen LogP contribution < -0.4 is 10.2 Å². The van der Waals surface area contributed by atoms with E-state index in [2.05, 4.69) is 72.0 Å². The molecule has 0 aliphatic carbocycles. The van der Waals surface area contributed by atoms with Crippen molar-refractivity contribution in [1.29, 1.82) is 0 Å². The largest absolute Gasteiger partial charge is 0.371 e. The summed E-state index contributed by atoms with van der Waals surface area (Å²) in [7, 11) is 0. The zero-order chi connectivity index (χ0) is 15.5. The molecule has 0 spiro atoms. The first kappa shape index (κ1) is 16.8. The molecule has 0 saturated carbocycles. The van der Waals surface area contributed by atoms with Gasteiger partial charge >= 0.3 is 0 Å². The van der Waals surface area contributed by atoms with Gasteiger partial charge in [0.1, 0.15) is 0 Å². The van der Waals surface area contributed by atoms with E-state index in [0.717, 1.165) is 13.1 Å². The molecule has 118 valence electrons. The van der Waals surface area contributed by atoms with Crippen LogP contribution in [0.3, 0.4) is 0 Å². The molecule has 1 aromatic rings. The average Bonchev–Trinajstić information content (AvgIpc) is 2.43. The summed E-state index contributed by atoms with van der Waals surface area (Å²) in [6.45, 7) is 12.7. The molecule has 1 atom stereocenters. The molecule has 1 aliphatic heterocycles. The normalized spacial score (nSPS) is 19.6. The topological polar surface area (TPSA) is 15.3 Å². The zero-order valence-corrected chi connectivity index (χ0v) is 15.5. The Morgan fingerprint density at radius 1 is 1.38 bits per heavy atom. The van der Waals surface area contributed by atoms with E-state index in [-0.39, 0.29) is 0 Å². The highest BCUT2D eigenvalue weighted by Crippen LogP contribution is 2.36. The molecule has 1 aliphatic rings. The van der Waals surface area contributed by atoms with Crippen molar-refractivity contribution in [2.45, 2.75) is 53.0 Å². The summed E-state index contributed by atoms with van der Waals surface area (Å²) in [4.78, 5) is 2.58. The van der Waals surface area contributed by atoms with Gasteiger partial charge in [0.05, 0.1) is 0 Å². The Morgan fingerprint density at radius 3 is 2.81 bits per heavy atom. The van der Waals surface area contributed by atoms with Gasteiger partial charge in [-0.1, -0.05) is 36.7 Å². The van der Waals surface area contributed by atoms with E-state index in [4.69, 9.17) is 0 Å². The number of halogens is 1. The first-order valence-corrected chi connectivity index (χ1v) is 9.00. The lowest BCUT2D eigenvalue weighted by molar-refractivity contribution is 0.292. The summed E-state index contributed by atoms with van der Waals surface area (Å²) >= 11 is 3.63. The average molecular weight is 353 g/mol. The van der Waals surface area contributed by atoms with Crippen LogP contribution in [0.15, 0.2) is 22.7 Å². The van der Waals surface area contributed by atoms with E-state index in [1.165, 1.54) is 41.5 Å². The summed E-state index contributed by atoms with van der Waals surface area (Å²) in [5.74, 6) is 0. The molecule has 1 unspecified atom stereocenters. The van der Waals surface area contributed by atoms with Crippen LogP contribution in [0.5, 0.6) is 0 Å². The fourth-order valence-corrected chi connectivity index (χ4v) is 3.64. The third kappa shape index (κ3) is 4.46. The molecule has 1 saturated heterocycles. The molecule has 3 heteroatoms. The number of hydrogen-bond donors (Lipinski definition) is 1. The van der Waals surface area contributed by atoms with Gasteiger partial charge in [-0.05, 0) is 61.9 Å². The van der Waals surface area contributed by atoms with Crippen LogP contribution in [-0.4, -0.2) is 19.6 Å². The van der Waals surface area contributed by atoms with Crippen molar-refractivity contribution >= 4 is 21.6 Å². The Kier molecular flexibility index (Phi) is 5.73. The van der Waals surface area contributed by atoms with Gasteiger partial charge in [0.2, 0.25) is 0 Å². The molecule has 1 N–H and O–H groups in total. The van der Waals surface area contributed by atoms with Crippen molar-refractivity contribution in [3.63, 3.8) is 0 Å². The van der Waals surface area contributed by atoms with Crippen molar-refractivity contribution in [3.05, 3.63) is 28.2 Å². The van der Waals surface area contributed by atoms with Gasteiger partial charge in [-0.3, -0.25) is 0 Å². The second-order valence-electron chi connectivity index (χ2n) is 7.07. The minimum absolute atomic E-state index is 0.391. The van der Waals surface area contributed by atoms with Gasteiger partial charge in [0.25, 0.3) is 0 Å². The minimum Gasteiger partial charge on any atom is -0.371 e. The van der Waals surface area contributed by atoms with E-state index in [9.17, 15) is 0 Å². The molecule has 0 bridgehead atoms. The molecule has 0 aromatic heterocycles. The molecule has 1 fully saturated rings. The molecule has 0 amide bonds. The standard InChI is InChI=1S/C18H29BrN2/c1-5-10-20-14(2)16-12-15(19)7-8-17(16)21-11-6-9-18(3,4)13-21/h7-8,12,14,20H,5-6,9-11,13H2,1-4H3. The van der Waals surface area contributed by atoms with Crippen LogP contribution in [0, 0.1) is 5.41 Å². The first-order valence-electron chi connectivity index (χ1n) is 8.21. The third-order valence-electron chi connectivity index (χ3n) is 4.40. The lowest BCUT2D eigenvalue weighted by Gasteiger charge is -2.40. The number of hydrogen-bond acceptors (Lipinski definition) is 2. The van der Waals surface area contributed by atoms with Crippen LogP contribution in [0.25, 0.3) is 0 Å². The maximum Gasteiger partial charge on any atom is 0.0415 e. The number of benzene rings is 1. The summed E-state index contributed by atoms with van der Waals surface area (Å²) < 4.78 is 1.17. The first-order chi connectivity index (χ1) is 9.93. The van der Waals surface area contributed by atoms with Gasteiger partial charge in [0, 0.05) is 29.3 Å². The van der Waals surface area contributed by atoms with E-state index in [1.807, 2.05) is 0 Å². The molecule has 2 rings (SSSR count). The highest BCUT2D eigenvalue weighted by molar-refractivity contribution is 9.10. The van der Waals surface area contributed by atoms with Crippen molar-refractivity contribution in [2.24, 2.45) is 5.41 Å². The van der Waals surface area contributed by atoms with Crippen LogP contribution in [0.2, 0.25) is 0 Å². The lowest BCUT2D eigenvalue weighted by Crippen LogP contribution is -2.41. The van der Waals surface area contributed by atoms with E-state index in [0.29, 0.717) is 11.5 Å². The highest BCUT2D eigenvalue weighted by atomic mass is 79.9. The molecule has 2 nitrogen and oxygen atoms in total. The van der Waals surface area contributed by atoms with Crippen molar-refractivity contribution in [2.75, 3.05) is 24.5 Å². The maximum absolute atomic E-state index is 3.63. The number of nitrogens with one attached hydrogen (secondary N) is 1. The SMILES string of the molecule is CCCNC(C)c1cc(Br)ccc1N1CCCC(C)(C)C1. The number of piperidine rings is 1. The van der Waals surface area contributed by atoms with Crippen LogP contribution in [0.1, 0.15) is 58.6 Å². The fourth-order valence-electron chi connectivity index (χ4n) is 3.26. The summed E-state index contributed by atoms with van der Waals surface area (Å²) in [6.07, 6.45) is 3.79. The number of anilines is 1. The Morgan fingerprint density at radius 2 is 2.14 bits per heavy atom. The smallest absolute Gasteiger partial charge is 0.0415 e. The Hall–Kier alpha value is -0.540. The monoisotopic (exact) mass is 352 g/mol. The quantitative estimate of drug-likeness (QED) is 0.789. The minimum atomic E-state index is 0.391. The Balaban J connectivity index is 2.25. The van der Waals surface area contributed by atoms with E-state index < -0.39 is 0 Å². The second kappa shape index (κ2) is 7.15. The van der Waals surface area contributed by atoms with Gasteiger partial charge in [0.15, 0.2) is 0 Å². The molecule has 21 heavy (non-hydrogen) atoms.